The van der Waals surface area contributed by atoms with Gasteiger partial charge in [0.2, 0.25) is 0 Å². The van der Waals surface area contributed by atoms with Gasteiger partial charge in [0.25, 0.3) is 0 Å². The molecule has 0 bridgehead atoms. The highest BCUT2D eigenvalue weighted by atomic mass is 32.1. The van der Waals surface area contributed by atoms with E-state index in [2.05, 4.69) is 4.37 Å². The van der Waals surface area contributed by atoms with Gasteiger partial charge in [-0.25, -0.2) is 4.79 Å². The molecule has 4 nitrogen and oxygen atoms in total. The molecule has 2 aromatic carbocycles. The molecule has 0 aliphatic carbocycles. The van der Waals surface area contributed by atoms with Crippen molar-refractivity contribution in [2.45, 2.75) is 32.5 Å². The summed E-state index contributed by atoms with van der Waals surface area (Å²) in [6.45, 7) is 5.09. The number of methoxy groups -OCH3 is 1. The molecule has 1 aromatic heterocycles. The van der Waals surface area contributed by atoms with Gasteiger partial charge in [0.05, 0.1) is 23.2 Å². The zero-order valence-electron chi connectivity index (χ0n) is 16.8. The van der Waals surface area contributed by atoms with Crippen LogP contribution in [0.2, 0.25) is 0 Å². The Kier molecular flexibility index (Phi) is 5.90. The van der Waals surface area contributed by atoms with Gasteiger partial charge in [-0.2, -0.15) is 17.5 Å². The molecule has 3 aromatic rings. The number of alkyl halides is 3. The Balaban J connectivity index is 2.22. The van der Waals surface area contributed by atoms with Crippen LogP contribution in [0.15, 0.2) is 48.5 Å². The Bertz CT molecular complexity index is 1050. The standard InChI is InChI=1S/C22H20F3NO3S/c1-21(2,3)29-20(27)17-18(13-9-11-14(28-4)12-10-13)26-30-19(17)15-7-5-6-8-16(15)22(23,24)25/h5-12H,1-4H3. The number of hydrogen-bond acceptors (Lipinski definition) is 5. The maximum atomic E-state index is 13.6. The number of benzene rings is 2. The van der Waals surface area contributed by atoms with Gasteiger partial charge in [-0.3, -0.25) is 0 Å². The van der Waals surface area contributed by atoms with E-state index in [1.165, 1.54) is 25.3 Å². The molecule has 0 aliphatic rings. The lowest BCUT2D eigenvalue weighted by Gasteiger charge is -2.20. The topological polar surface area (TPSA) is 48.4 Å². The van der Waals surface area contributed by atoms with Crippen LogP contribution < -0.4 is 4.74 Å². The zero-order chi connectivity index (χ0) is 22.1. The summed E-state index contributed by atoms with van der Waals surface area (Å²) < 4.78 is 55.8. The van der Waals surface area contributed by atoms with E-state index in [0.717, 1.165) is 17.6 Å². The third-order valence-electron chi connectivity index (χ3n) is 4.14. The van der Waals surface area contributed by atoms with Crippen molar-refractivity contribution < 1.29 is 27.4 Å². The van der Waals surface area contributed by atoms with Crippen LogP contribution in [0, 0.1) is 0 Å². The predicted octanol–water partition coefficient (Wildman–Crippen LogP) is 6.46. The summed E-state index contributed by atoms with van der Waals surface area (Å²) in [4.78, 5) is 13.1. The monoisotopic (exact) mass is 435 g/mol. The van der Waals surface area contributed by atoms with Crippen LogP contribution in [-0.4, -0.2) is 23.1 Å². The van der Waals surface area contributed by atoms with Crippen LogP contribution in [0.25, 0.3) is 21.7 Å². The van der Waals surface area contributed by atoms with Crippen LogP contribution in [0.3, 0.4) is 0 Å². The third kappa shape index (κ3) is 4.64. The molecule has 0 unspecified atom stereocenters. The number of ether oxygens (including phenoxy) is 2. The lowest BCUT2D eigenvalue weighted by molar-refractivity contribution is -0.137. The van der Waals surface area contributed by atoms with Crippen molar-refractivity contribution in [2.24, 2.45) is 0 Å². The number of carbonyl (C=O) groups is 1. The molecular formula is C22H20F3NO3S. The average molecular weight is 435 g/mol. The number of carbonyl (C=O) groups excluding carboxylic acids is 1. The highest BCUT2D eigenvalue weighted by molar-refractivity contribution is 7.10. The number of esters is 1. The van der Waals surface area contributed by atoms with Crippen LogP contribution in [0.4, 0.5) is 13.2 Å². The Morgan fingerprint density at radius 1 is 1.00 bits per heavy atom. The molecule has 0 fully saturated rings. The van der Waals surface area contributed by atoms with E-state index in [9.17, 15) is 18.0 Å². The summed E-state index contributed by atoms with van der Waals surface area (Å²) in [5.74, 6) is -0.121. The lowest BCUT2D eigenvalue weighted by atomic mass is 9.99. The second-order valence-corrected chi connectivity index (χ2v) is 8.28. The molecule has 0 saturated carbocycles. The van der Waals surface area contributed by atoms with Crippen molar-refractivity contribution in [3.63, 3.8) is 0 Å². The van der Waals surface area contributed by atoms with Crippen molar-refractivity contribution in [2.75, 3.05) is 7.11 Å². The molecule has 0 aliphatic heterocycles. The molecular weight excluding hydrogens is 415 g/mol. The number of aromatic nitrogens is 1. The highest BCUT2D eigenvalue weighted by Crippen LogP contribution is 2.43. The van der Waals surface area contributed by atoms with Crippen LogP contribution >= 0.6 is 11.5 Å². The summed E-state index contributed by atoms with van der Waals surface area (Å²) >= 11 is 0.837. The van der Waals surface area contributed by atoms with E-state index in [1.807, 2.05) is 0 Å². The van der Waals surface area contributed by atoms with E-state index in [4.69, 9.17) is 9.47 Å². The molecule has 0 spiro atoms. The average Bonchev–Trinajstić information content (AvgIpc) is 3.11. The molecule has 3 rings (SSSR count). The van der Waals surface area contributed by atoms with Crippen LogP contribution in [0.1, 0.15) is 36.7 Å². The van der Waals surface area contributed by atoms with E-state index in [1.54, 1.807) is 45.0 Å². The fourth-order valence-corrected chi connectivity index (χ4v) is 3.79. The summed E-state index contributed by atoms with van der Waals surface area (Å²) in [6, 6.07) is 11.9. The van der Waals surface area contributed by atoms with Crippen molar-refractivity contribution >= 4 is 17.5 Å². The quantitative estimate of drug-likeness (QED) is 0.441. The third-order valence-corrected chi connectivity index (χ3v) is 5.02. The van der Waals surface area contributed by atoms with Gasteiger partial charge in [-0.05, 0) is 62.6 Å². The van der Waals surface area contributed by atoms with Crippen molar-refractivity contribution in [3.8, 4) is 27.4 Å². The molecule has 0 amide bonds. The Morgan fingerprint density at radius 2 is 1.63 bits per heavy atom. The normalized spacial score (nSPS) is 12.0. The fourth-order valence-electron chi connectivity index (χ4n) is 2.87. The molecule has 0 atom stereocenters. The highest BCUT2D eigenvalue weighted by Gasteiger charge is 2.36. The number of hydrogen-bond donors (Lipinski definition) is 0. The first-order valence-electron chi connectivity index (χ1n) is 9.05. The molecule has 0 radical (unpaired) electrons. The molecule has 8 heteroatoms. The smallest absolute Gasteiger partial charge is 0.417 e. The fraction of sp³-hybridized carbons (Fsp3) is 0.273. The summed E-state index contributed by atoms with van der Waals surface area (Å²) in [5.41, 5.74) is -0.913. The SMILES string of the molecule is COc1ccc(-c2nsc(-c3ccccc3C(F)(F)F)c2C(=O)OC(C)(C)C)cc1. The Morgan fingerprint density at radius 3 is 2.20 bits per heavy atom. The Hall–Kier alpha value is -2.87. The minimum absolute atomic E-state index is 0.0109. The predicted molar refractivity (Wildman–Crippen MR) is 110 cm³/mol. The molecule has 30 heavy (non-hydrogen) atoms. The first kappa shape index (κ1) is 21.8. The van der Waals surface area contributed by atoms with Crippen molar-refractivity contribution in [1.82, 2.24) is 4.37 Å². The number of rotatable bonds is 4. The van der Waals surface area contributed by atoms with E-state index < -0.39 is 23.3 Å². The first-order valence-corrected chi connectivity index (χ1v) is 9.82. The van der Waals surface area contributed by atoms with Gasteiger partial charge in [0, 0.05) is 11.1 Å². The van der Waals surface area contributed by atoms with Gasteiger partial charge in [0.15, 0.2) is 0 Å². The number of halogens is 3. The molecule has 158 valence electrons. The van der Waals surface area contributed by atoms with E-state index >= 15 is 0 Å². The minimum Gasteiger partial charge on any atom is -0.497 e. The summed E-state index contributed by atoms with van der Waals surface area (Å²) in [7, 11) is 1.52. The van der Waals surface area contributed by atoms with E-state index in [0.29, 0.717) is 11.3 Å². The lowest BCUT2D eigenvalue weighted by Crippen LogP contribution is -2.24. The maximum Gasteiger partial charge on any atom is 0.417 e. The number of nitrogens with zero attached hydrogens (tertiary/aromatic N) is 1. The maximum absolute atomic E-state index is 13.6. The van der Waals surface area contributed by atoms with Gasteiger partial charge in [-0.15, -0.1) is 0 Å². The second-order valence-electron chi connectivity index (χ2n) is 7.51. The van der Waals surface area contributed by atoms with Crippen molar-refractivity contribution in [3.05, 3.63) is 59.7 Å². The van der Waals surface area contributed by atoms with Gasteiger partial charge in [0.1, 0.15) is 16.9 Å². The van der Waals surface area contributed by atoms with Crippen molar-refractivity contribution in [1.29, 1.82) is 0 Å². The Labute approximate surface area is 176 Å². The minimum atomic E-state index is -4.58. The largest absolute Gasteiger partial charge is 0.497 e. The van der Waals surface area contributed by atoms with Crippen LogP contribution in [-0.2, 0) is 10.9 Å². The van der Waals surface area contributed by atoms with Crippen LogP contribution in [0.5, 0.6) is 5.75 Å². The van der Waals surface area contributed by atoms with E-state index in [-0.39, 0.29) is 21.7 Å². The zero-order valence-corrected chi connectivity index (χ0v) is 17.6. The molecule has 0 saturated heterocycles. The second kappa shape index (κ2) is 8.10. The van der Waals surface area contributed by atoms with Gasteiger partial charge >= 0.3 is 12.1 Å². The van der Waals surface area contributed by atoms with Gasteiger partial charge < -0.3 is 9.47 Å². The molecule has 0 N–H and O–H groups in total. The summed E-state index contributed by atoms with van der Waals surface area (Å²) in [5, 5.41) is 0. The molecule has 1 heterocycles. The summed E-state index contributed by atoms with van der Waals surface area (Å²) in [6.07, 6.45) is -4.58. The first-order chi connectivity index (χ1) is 14.0. The van der Waals surface area contributed by atoms with Gasteiger partial charge in [-0.1, -0.05) is 18.2 Å².